The fraction of sp³-hybridized carbons (Fsp3) is 0.125. The highest BCUT2D eigenvalue weighted by Gasteiger charge is 2.22. The number of carbonyl (C=O) groups excluding carboxylic acids is 1. The summed E-state index contributed by atoms with van der Waals surface area (Å²) in [7, 11) is 0. The van der Waals surface area contributed by atoms with Gasteiger partial charge in [-0.15, -0.1) is 0 Å². The lowest BCUT2D eigenvalue weighted by atomic mass is 10.1. The van der Waals surface area contributed by atoms with Crippen LogP contribution in [0.3, 0.4) is 0 Å². The van der Waals surface area contributed by atoms with Crippen LogP contribution in [0, 0.1) is 15.0 Å². The van der Waals surface area contributed by atoms with Crippen molar-refractivity contribution < 1.29 is 13.6 Å². The molecule has 1 aromatic rings. The molecule has 1 amide bonds. The second kappa shape index (κ2) is 4.48. The Kier molecular flexibility index (Phi) is 3.52. The van der Waals surface area contributed by atoms with Gasteiger partial charge in [-0.3, -0.25) is 4.79 Å². The van der Waals surface area contributed by atoms with Crippen molar-refractivity contribution in [3.05, 3.63) is 26.6 Å². The van der Waals surface area contributed by atoms with E-state index in [0.717, 1.165) is 6.20 Å². The molecule has 1 aromatic heterocycles. The molecule has 0 spiro atoms. The van der Waals surface area contributed by atoms with Crippen molar-refractivity contribution in [3.8, 4) is 6.07 Å². The van der Waals surface area contributed by atoms with Gasteiger partial charge in [-0.05, 0) is 22.6 Å². The van der Waals surface area contributed by atoms with Crippen LogP contribution in [0.4, 0.5) is 8.78 Å². The number of halogens is 3. The van der Waals surface area contributed by atoms with E-state index in [1.54, 1.807) is 28.7 Å². The van der Waals surface area contributed by atoms with Crippen molar-refractivity contribution in [1.29, 1.82) is 5.26 Å². The number of nitriles is 1. The molecule has 0 bridgehead atoms. The fourth-order valence-corrected chi connectivity index (χ4v) is 1.69. The van der Waals surface area contributed by atoms with E-state index in [4.69, 9.17) is 11.0 Å². The lowest BCUT2D eigenvalue weighted by molar-refractivity contribution is 0.0998. The Morgan fingerprint density at radius 1 is 1.67 bits per heavy atom. The van der Waals surface area contributed by atoms with Gasteiger partial charge in [0.2, 0.25) is 0 Å². The van der Waals surface area contributed by atoms with Crippen LogP contribution in [0.1, 0.15) is 27.9 Å². The summed E-state index contributed by atoms with van der Waals surface area (Å²) in [5.74, 6) is -0.939. The molecule has 0 atom stereocenters. The van der Waals surface area contributed by atoms with Crippen LogP contribution in [-0.2, 0) is 0 Å². The van der Waals surface area contributed by atoms with Gasteiger partial charge < -0.3 is 5.73 Å². The van der Waals surface area contributed by atoms with Gasteiger partial charge in [0.1, 0.15) is 9.77 Å². The van der Waals surface area contributed by atoms with Gasteiger partial charge in [-0.2, -0.15) is 5.26 Å². The molecule has 4 nitrogen and oxygen atoms in total. The van der Waals surface area contributed by atoms with Gasteiger partial charge in [0.15, 0.2) is 0 Å². The Labute approximate surface area is 97.2 Å². The van der Waals surface area contributed by atoms with Crippen LogP contribution in [0.2, 0.25) is 0 Å². The number of rotatable bonds is 2. The average Bonchev–Trinajstić information content (AvgIpc) is 2.15. The zero-order valence-electron chi connectivity index (χ0n) is 7.17. The topological polar surface area (TPSA) is 79.8 Å². The standard InChI is InChI=1S/C8H4F2IN3O/c9-6(10)4-2-14-7(11)5(8(13)15)3(4)1-12/h2,6H,(H2,13,15). The lowest BCUT2D eigenvalue weighted by Crippen LogP contribution is -2.17. The van der Waals surface area contributed by atoms with Crippen molar-refractivity contribution >= 4 is 28.5 Å². The maximum absolute atomic E-state index is 12.4. The molecule has 0 radical (unpaired) electrons. The van der Waals surface area contributed by atoms with Gasteiger partial charge in [0, 0.05) is 6.20 Å². The van der Waals surface area contributed by atoms with Gasteiger partial charge >= 0.3 is 0 Å². The molecule has 0 fully saturated rings. The Balaban J connectivity index is 3.56. The fourth-order valence-electron chi connectivity index (χ4n) is 1.01. The summed E-state index contributed by atoms with van der Waals surface area (Å²) < 4.78 is 25.0. The third-order valence-corrected chi connectivity index (χ3v) is 2.47. The lowest BCUT2D eigenvalue weighted by Gasteiger charge is -2.06. The molecule has 0 aromatic carbocycles. The third kappa shape index (κ3) is 2.20. The first-order valence-corrected chi connectivity index (χ1v) is 4.73. The molecular formula is C8H4F2IN3O. The minimum Gasteiger partial charge on any atom is -0.365 e. The van der Waals surface area contributed by atoms with Gasteiger partial charge in [-0.1, -0.05) is 0 Å². The Bertz CT molecular complexity index is 456. The molecule has 78 valence electrons. The molecule has 1 rings (SSSR count). The molecule has 0 saturated heterocycles. The zero-order chi connectivity index (χ0) is 11.6. The van der Waals surface area contributed by atoms with Gasteiger partial charge in [0.05, 0.1) is 16.7 Å². The largest absolute Gasteiger partial charge is 0.365 e. The number of carbonyl (C=O) groups is 1. The Morgan fingerprint density at radius 2 is 2.27 bits per heavy atom. The number of hydrogen-bond donors (Lipinski definition) is 1. The highest BCUT2D eigenvalue weighted by molar-refractivity contribution is 14.1. The number of nitrogens with two attached hydrogens (primary N) is 1. The number of nitrogens with zero attached hydrogens (tertiary/aromatic N) is 2. The maximum Gasteiger partial charge on any atom is 0.266 e. The van der Waals surface area contributed by atoms with Crippen LogP contribution >= 0.6 is 22.6 Å². The number of hydrogen-bond acceptors (Lipinski definition) is 3. The van der Waals surface area contributed by atoms with Crippen molar-refractivity contribution in [1.82, 2.24) is 4.98 Å². The molecular weight excluding hydrogens is 319 g/mol. The molecule has 0 unspecified atom stereocenters. The summed E-state index contributed by atoms with van der Waals surface area (Å²) in [5, 5.41) is 8.70. The van der Waals surface area contributed by atoms with Crippen molar-refractivity contribution in [2.24, 2.45) is 5.73 Å². The first-order chi connectivity index (χ1) is 6.99. The van der Waals surface area contributed by atoms with Crippen LogP contribution in [0.15, 0.2) is 6.20 Å². The molecule has 0 aliphatic heterocycles. The molecule has 0 saturated carbocycles. The smallest absolute Gasteiger partial charge is 0.266 e. The van der Waals surface area contributed by atoms with Gasteiger partial charge in [0.25, 0.3) is 12.3 Å². The van der Waals surface area contributed by atoms with E-state index in [1.807, 2.05) is 0 Å². The first kappa shape index (κ1) is 11.8. The zero-order valence-corrected chi connectivity index (χ0v) is 9.33. The second-order valence-corrected chi connectivity index (χ2v) is 3.55. The number of aromatic nitrogens is 1. The highest BCUT2D eigenvalue weighted by atomic mass is 127. The molecule has 0 aliphatic carbocycles. The summed E-state index contributed by atoms with van der Waals surface area (Å²) >= 11 is 1.66. The Hall–Kier alpha value is -1.30. The van der Waals surface area contributed by atoms with Crippen LogP contribution in [-0.4, -0.2) is 10.9 Å². The number of amides is 1. The highest BCUT2D eigenvalue weighted by Crippen LogP contribution is 2.26. The van der Waals surface area contributed by atoms with Crippen molar-refractivity contribution in [3.63, 3.8) is 0 Å². The van der Waals surface area contributed by atoms with Crippen LogP contribution in [0.25, 0.3) is 0 Å². The summed E-state index contributed by atoms with van der Waals surface area (Å²) in [6.07, 6.45) is -1.99. The van der Waals surface area contributed by atoms with Crippen molar-refractivity contribution in [2.45, 2.75) is 6.43 Å². The second-order valence-electron chi connectivity index (χ2n) is 2.53. The van der Waals surface area contributed by atoms with E-state index in [9.17, 15) is 13.6 Å². The van der Waals surface area contributed by atoms with E-state index >= 15 is 0 Å². The van der Waals surface area contributed by atoms with Crippen LogP contribution < -0.4 is 5.73 Å². The normalized spacial score (nSPS) is 10.1. The van der Waals surface area contributed by atoms with E-state index < -0.39 is 23.5 Å². The minimum atomic E-state index is -2.86. The Morgan fingerprint density at radius 3 is 2.67 bits per heavy atom. The molecule has 15 heavy (non-hydrogen) atoms. The molecule has 1 heterocycles. The molecule has 0 aliphatic rings. The average molecular weight is 323 g/mol. The SMILES string of the molecule is N#Cc1c(C(F)F)cnc(I)c1C(N)=O. The summed E-state index contributed by atoms with van der Waals surface area (Å²) in [6.45, 7) is 0. The first-order valence-electron chi connectivity index (χ1n) is 3.65. The number of alkyl halides is 2. The summed E-state index contributed by atoms with van der Waals surface area (Å²) in [4.78, 5) is 14.5. The predicted molar refractivity (Wildman–Crippen MR) is 55.1 cm³/mol. The molecule has 2 N–H and O–H groups in total. The van der Waals surface area contributed by atoms with Crippen LogP contribution in [0.5, 0.6) is 0 Å². The number of primary amides is 1. The van der Waals surface area contributed by atoms with Crippen molar-refractivity contribution in [2.75, 3.05) is 0 Å². The number of pyridine rings is 1. The van der Waals surface area contributed by atoms with E-state index in [1.165, 1.54) is 0 Å². The third-order valence-electron chi connectivity index (χ3n) is 1.66. The maximum atomic E-state index is 12.4. The predicted octanol–water partition coefficient (Wildman–Crippen LogP) is 1.59. The minimum absolute atomic E-state index is 0.140. The summed E-state index contributed by atoms with van der Waals surface area (Å²) in [6, 6.07) is 1.54. The quantitative estimate of drug-likeness (QED) is 0.663. The monoisotopic (exact) mass is 323 g/mol. The summed E-state index contributed by atoms with van der Waals surface area (Å²) in [5.41, 5.74) is 3.74. The van der Waals surface area contributed by atoms with E-state index in [-0.39, 0.29) is 9.26 Å². The van der Waals surface area contributed by atoms with E-state index in [0.29, 0.717) is 0 Å². The van der Waals surface area contributed by atoms with Gasteiger partial charge in [-0.25, -0.2) is 13.8 Å². The molecule has 7 heteroatoms. The van der Waals surface area contributed by atoms with E-state index in [2.05, 4.69) is 4.98 Å².